The summed E-state index contributed by atoms with van der Waals surface area (Å²) in [4.78, 5) is 2.53. The Balaban J connectivity index is 2.69. The van der Waals surface area contributed by atoms with Crippen LogP contribution in [0.4, 0.5) is 0 Å². The van der Waals surface area contributed by atoms with Crippen molar-refractivity contribution in [2.45, 2.75) is 40.0 Å². The maximum atomic E-state index is 4.10. The van der Waals surface area contributed by atoms with E-state index in [1.165, 1.54) is 42.7 Å². The first kappa shape index (κ1) is 13.2. The number of allylic oxidation sites excluding steroid dienone is 3. The van der Waals surface area contributed by atoms with Crippen LogP contribution in [0.5, 0.6) is 0 Å². The predicted octanol–water partition coefficient (Wildman–Crippen LogP) is 3.94. The summed E-state index contributed by atoms with van der Waals surface area (Å²) in [6.45, 7) is 14.1. The van der Waals surface area contributed by atoms with Crippen molar-refractivity contribution in [3.05, 3.63) is 35.5 Å². The fourth-order valence-electron chi connectivity index (χ4n) is 2.10. The Kier molecular flexibility index (Phi) is 5.54. The molecule has 0 atom stereocenters. The van der Waals surface area contributed by atoms with Crippen molar-refractivity contribution < 1.29 is 0 Å². The molecule has 1 aliphatic rings. The lowest BCUT2D eigenvalue weighted by atomic mass is 10.0. The van der Waals surface area contributed by atoms with Crippen molar-refractivity contribution >= 4 is 0 Å². The van der Waals surface area contributed by atoms with Gasteiger partial charge in [-0.3, -0.25) is 4.90 Å². The Morgan fingerprint density at radius 2 is 1.94 bits per heavy atom. The van der Waals surface area contributed by atoms with Gasteiger partial charge in [0.05, 0.1) is 0 Å². The first-order chi connectivity index (χ1) is 7.67. The van der Waals surface area contributed by atoms with E-state index in [0.29, 0.717) is 0 Å². The molecule has 90 valence electrons. The number of likely N-dealkylation sites (tertiary alicyclic amines) is 1. The summed E-state index contributed by atoms with van der Waals surface area (Å²) in [6, 6.07) is 0. The van der Waals surface area contributed by atoms with Crippen LogP contribution in [0.2, 0.25) is 0 Å². The molecule has 16 heavy (non-hydrogen) atoms. The van der Waals surface area contributed by atoms with Gasteiger partial charge in [-0.15, -0.1) is 0 Å². The summed E-state index contributed by atoms with van der Waals surface area (Å²) < 4.78 is 0. The van der Waals surface area contributed by atoms with E-state index in [1.807, 2.05) is 0 Å². The van der Waals surface area contributed by atoms with Gasteiger partial charge in [-0.25, -0.2) is 0 Å². The Labute approximate surface area is 101 Å². The van der Waals surface area contributed by atoms with Gasteiger partial charge in [-0.05, 0) is 51.8 Å². The summed E-state index contributed by atoms with van der Waals surface area (Å²) in [5, 5.41) is 0. The fourth-order valence-corrected chi connectivity index (χ4v) is 2.10. The normalized spacial score (nSPS) is 19.2. The molecule has 0 saturated carbocycles. The van der Waals surface area contributed by atoms with Gasteiger partial charge >= 0.3 is 0 Å². The zero-order chi connectivity index (χ0) is 12.0. The van der Waals surface area contributed by atoms with Crippen molar-refractivity contribution in [3.63, 3.8) is 0 Å². The second-order valence-electron chi connectivity index (χ2n) is 4.65. The minimum absolute atomic E-state index is 1.08. The van der Waals surface area contributed by atoms with Gasteiger partial charge in [0.15, 0.2) is 0 Å². The van der Waals surface area contributed by atoms with Crippen LogP contribution in [0.3, 0.4) is 0 Å². The van der Waals surface area contributed by atoms with Crippen LogP contribution in [0.25, 0.3) is 0 Å². The molecule has 0 amide bonds. The number of nitrogens with zero attached hydrogens (tertiary/aromatic N) is 1. The average molecular weight is 219 g/mol. The zero-order valence-electron chi connectivity index (χ0n) is 11.1. The molecule has 0 radical (unpaired) electrons. The first-order valence-corrected chi connectivity index (χ1v) is 6.41. The molecule has 0 aromatic carbocycles. The van der Waals surface area contributed by atoms with Crippen LogP contribution < -0.4 is 0 Å². The van der Waals surface area contributed by atoms with Crippen molar-refractivity contribution in [1.29, 1.82) is 0 Å². The van der Waals surface area contributed by atoms with E-state index in [4.69, 9.17) is 0 Å². The van der Waals surface area contributed by atoms with Gasteiger partial charge in [0.25, 0.3) is 0 Å². The lowest BCUT2D eigenvalue weighted by Crippen LogP contribution is -2.22. The SMILES string of the molecule is C=C(C)/C(=C\C(=C/C)CC)CN1CCCC1. The van der Waals surface area contributed by atoms with Gasteiger partial charge in [-0.2, -0.15) is 0 Å². The molecule has 1 heterocycles. The monoisotopic (exact) mass is 219 g/mol. The maximum absolute atomic E-state index is 4.10. The Morgan fingerprint density at radius 3 is 2.38 bits per heavy atom. The maximum Gasteiger partial charge on any atom is 0.0236 e. The second kappa shape index (κ2) is 6.70. The summed E-state index contributed by atoms with van der Waals surface area (Å²) in [5.41, 5.74) is 4.02. The fraction of sp³-hybridized carbons (Fsp3) is 0.600. The Morgan fingerprint density at radius 1 is 1.31 bits per heavy atom. The van der Waals surface area contributed by atoms with Gasteiger partial charge < -0.3 is 0 Å². The first-order valence-electron chi connectivity index (χ1n) is 6.41. The third-order valence-electron chi connectivity index (χ3n) is 3.28. The lowest BCUT2D eigenvalue weighted by Gasteiger charge is -2.18. The van der Waals surface area contributed by atoms with Crippen LogP contribution in [0.15, 0.2) is 35.5 Å². The highest BCUT2D eigenvalue weighted by Crippen LogP contribution is 2.17. The highest BCUT2D eigenvalue weighted by Gasteiger charge is 2.13. The summed E-state index contributed by atoms with van der Waals surface area (Å²) in [6.07, 6.45) is 8.34. The van der Waals surface area contributed by atoms with Crippen LogP contribution in [0.1, 0.15) is 40.0 Å². The lowest BCUT2D eigenvalue weighted by molar-refractivity contribution is 0.370. The number of hydrogen-bond acceptors (Lipinski definition) is 1. The zero-order valence-corrected chi connectivity index (χ0v) is 11.1. The van der Waals surface area contributed by atoms with Crippen LogP contribution in [0, 0.1) is 0 Å². The van der Waals surface area contributed by atoms with Gasteiger partial charge in [0.1, 0.15) is 0 Å². The molecule has 1 fully saturated rings. The van der Waals surface area contributed by atoms with E-state index in [2.05, 4.69) is 44.4 Å². The summed E-state index contributed by atoms with van der Waals surface area (Å²) in [7, 11) is 0. The minimum Gasteiger partial charge on any atom is -0.299 e. The van der Waals surface area contributed by atoms with Gasteiger partial charge in [-0.1, -0.05) is 36.8 Å². The molecule has 1 aliphatic heterocycles. The van der Waals surface area contributed by atoms with E-state index in [-0.39, 0.29) is 0 Å². The van der Waals surface area contributed by atoms with Crippen LogP contribution >= 0.6 is 0 Å². The van der Waals surface area contributed by atoms with Crippen molar-refractivity contribution in [2.24, 2.45) is 0 Å². The molecule has 0 aromatic rings. The highest BCUT2D eigenvalue weighted by atomic mass is 15.1. The Hall–Kier alpha value is -0.820. The van der Waals surface area contributed by atoms with Gasteiger partial charge in [0, 0.05) is 6.54 Å². The van der Waals surface area contributed by atoms with E-state index < -0.39 is 0 Å². The standard InChI is InChI=1S/C15H25N/c1-5-14(6-2)11-15(13(3)4)12-16-9-7-8-10-16/h5,11H,3,6-10,12H2,1-2,4H3/b14-5-,15-11-. The van der Waals surface area contributed by atoms with E-state index in [1.54, 1.807) is 0 Å². The van der Waals surface area contributed by atoms with Crippen molar-refractivity contribution in [3.8, 4) is 0 Å². The average Bonchev–Trinajstić information content (AvgIpc) is 2.76. The van der Waals surface area contributed by atoms with E-state index in [9.17, 15) is 0 Å². The molecule has 0 spiro atoms. The third kappa shape index (κ3) is 3.97. The molecule has 0 unspecified atom stereocenters. The molecular weight excluding hydrogens is 194 g/mol. The molecule has 1 rings (SSSR count). The molecular formula is C15H25N. The van der Waals surface area contributed by atoms with Crippen LogP contribution in [-0.4, -0.2) is 24.5 Å². The molecule has 1 nitrogen and oxygen atoms in total. The molecule has 0 bridgehead atoms. The molecule has 1 saturated heterocycles. The van der Waals surface area contributed by atoms with Gasteiger partial charge in [0.2, 0.25) is 0 Å². The molecule has 0 aliphatic carbocycles. The van der Waals surface area contributed by atoms with E-state index in [0.717, 1.165) is 13.0 Å². The predicted molar refractivity (Wildman–Crippen MR) is 72.6 cm³/mol. The summed E-state index contributed by atoms with van der Waals surface area (Å²) >= 11 is 0. The second-order valence-corrected chi connectivity index (χ2v) is 4.65. The minimum atomic E-state index is 1.08. The molecule has 0 aromatic heterocycles. The van der Waals surface area contributed by atoms with Crippen LogP contribution in [-0.2, 0) is 0 Å². The Bertz CT molecular complexity index is 291. The summed E-state index contributed by atoms with van der Waals surface area (Å²) in [5.74, 6) is 0. The van der Waals surface area contributed by atoms with E-state index >= 15 is 0 Å². The molecule has 0 N–H and O–H groups in total. The largest absolute Gasteiger partial charge is 0.299 e. The van der Waals surface area contributed by atoms with Crippen molar-refractivity contribution in [2.75, 3.05) is 19.6 Å². The topological polar surface area (TPSA) is 3.24 Å². The molecule has 1 heteroatoms. The smallest absolute Gasteiger partial charge is 0.0236 e. The number of hydrogen-bond donors (Lipinski definition) is 0. The third-order valence-corrected chi connectivity index (χ3v) is 3.28. The number of rotatable bonds is 5. The van der Waals surface area contributed by atoms with Crippen molar-refractivity contribution in [1.82, 2.24) is 4.90 Å². The quantitative estimate of drug-likeness (QED) is 0.633. The highest BCUT2D eigenvalue weighted by molar-refractivity contribution is 5.35.